The maximum atomic E-state index is 12.0. The highest BCUT2D eigenvalue weighted by atomic mass is 32.2. The molecule has 106 valence electrons. The maximum absolute atomic E-state index is 12.0. The van der Waals surface area contributed by atoms with E-state index in [9.17, 15) is 18.5 Å². The topological polar surface area (TPSA) is 102 Å². The Morgan fingerprint density at radius 2 is 2.05 bits per heavy atom. The van der Waals surface area contributed by atoms with Gasteiger partial charge < -0.3 is 5.32 Å². The predicted molar refractivity (Wildman–Crippen MR) is 72.0 cm³/mol. The van der Waals surface area contributed by atoms with Crippen molar-refractivity contribution >= 4 is 21.3 Å². The average molecular weight is 287 g/mol. The number of nitro groups is 1. The summed E-state index contributed by atoms with van der Waals surface area (Å²) in [6, 6.07) is 2.35. The average Bonchev–Trinajstić information content (AvgIpc) is 2.36. The molecule has 0 amide bonds. The third kappa shape index (κ3) is 3.88. The van der Waals surface area contributed by atoms with Crippen LogP contribution in [0, 0.1) is 10.1 Å². The number of pyridine rings is 1. The summed E-state index contributed by atoms with van der Waals surface area (Å²) in [6.07, 6.45) is 1.30. The summed E-state index contributed by atoms with van der Waals surface area (Å²) in [6.45, 7) is 4.07. The third-order valence-corrected chi connectivity index (χ3v) is 4.17. The van der Waals surface area contributed by atoms with Gasteiger partial charge in [-0.3, -0.25) is 10.1 Å². The quantitative estimate of drug-likeness (QED) is 0.607. The standard InChI is InChI=1S/C11H17N3O4S/c1-3-5-8-19(17,18)10-7-6-9(14(15)16)11(13-10)12-4-2/h6-7H,3-5,8H2,1-2H3,(H,12,13). The number of rotatable bonds is 7. The van der Waals surface area contributed by atoms with Gasteiger partial charge in [0, 0.05) is 12.6 Å². The molecule has 7 nitrogen and oxygen atoms in total. The van der Waals surface area contributed by atoms with Crippen LogP contribution >= 0.6 is 0 Å². The zero-order chi connectivity index (χ0) is 14.5. The molecule has 0 aliphatic carbocycles. The lowest BCUT2D eigenvalue weighted by atomic mass is 10.4. The van der Waals surface area contributed by atoms with Gasteiger partial charge in [-0.25, -0.2) is 13.4 Å². The number of anilines is 1. The second-order valence-electron chi connectivity index (χ2n) is 3.98. The zero-order valence-corrected chi connectivity index (χ0v) is 11.7. The highest BCUT2D eigenvalue weighted by Crippen LogP contribution is 2.24. The van der Waals surface area contributed by atoms with Crippen LogP contribution in [0.2, 0.25) is 0 Å². The molecule has 0 saturated heterocycles. The van der Waals surface area contributed by atoms with E-state index in [1.165, 1.54) is 12.1 Å². The zero-order valence-electron chi connectivity index (χ0n) is 10.9. The summed E-state index contributed by atoms with van der Waals surface area (Å²) < 4.78 is 23.9. The lowest BCUT2D eigenvalue weighted by Crippen LogP contribution is -2.11. The summed E-state index contributed by atoms with van der Waals surface area (Å²) in [5.74, 6) is -0.00931. The molecule has 1 rings (SSSR count). The Hall–Kier alpha value is -1.70. The molecular formula is C11H17N3O4S. The Morgan fingerprint density at radius 3 is 2.58 bits per heavy atom. The van der Waals surface area contributed by atoms with E-state index in [2.05, 4.69) is 10.3 Å². The number of aromatic nitrogens is 1. The third-order valence-electron chi connectivity index (χ3n) is 2.47. The Morgan fingerprint density at radius 1 is 1.37 bits per heavy atom. The predicted octanol–water partition coefficient (Wildman–Crippen LogP) is 2.00. The van der Waals surface area contributed by atoms with E-state index in [0.717, 1.165) is 6.42 Å². The number of hydrogen-bond donors (Lipinski definition) is 1. The van der Waals surface area contributed by atoms with Gasteiger partial charge in [0.15, 0.2) is 14.9 Å². The maximum Gasteiger partial charge on any atom is 0.311 e. The number of hydrogen-bond acceptors (Lipinski definition) is 6. The fourth-order valence-electron chi connectivity index (χ4n) is 1.49. The molecule has 0 saturated carbocycles. The highest BCUT2D eigenvalue weighted by Gasteiger charge is 2.21. The van der Waals surface area contributed by atoms with E-state index in [1.54, 1.807) is 6.92 Å². The molecule has 1 aromatic rings. The van der Waals surface area contributed by atoms with Crippen molar-refractivity contribution in [2.45, 2.75) is 31.7 Å². The van der Waals surface area contributed by atoms with Crippen LogP contribution in [0.3, 0.4) is 0 Å². The van der Waals surface area contributed by atoms with Crippen molar-refractivity contribution in [1.82, 2.24) is 4.98 Å². The van der Waals surface area contributed by atoms with Crippen LogP contribution in [0.15, 0.2) is 17.2 Å². The molecule has 0 aliphatic heterocycles. The van der Waals surface area contributed by atoms with Crippen molar-refractivity contribution in [3.63, 3.8) is 0 Å². The summed E-state index contributed by atoms with van der Waals surface area (Å²) >= 11 is 0. The first-order valence-electron chi connectivity index (χ1n) is 6.04. The van der Waals surface area contributed by atoms with Crippen molar-refractivity contribution in [3.05, 3.63) is 22.2 Å². The van der Waals surface area contributed by atoms with Crippen LogP contribution in [0.25, 0.3) is 0 Å². The van der Waals surface area contributed by atoms with Crippen molar-refractivity contribution in [2.24, 2.45) is 0 Å². The van der Waals surface area contributed by atoms with Crippen LogP contribution in [0.4, 0.5) is 11.5 Å². The van der Waals surface area contributed by atoms with Crippen molar-refractivity contribution in [3.8, 4) is 0 Å². The minimum atomic E-state index is -3.48. The van der Waals surface area contributed by atoms with Crippen LogP contribution in [-0.4, -0.2) is 30.6 Å². The lowest BCUT2D eigenvalue weighted by Gasteiger charge is -2.07. The van der Waals surface area contributed by atoms with Crippen molar-refractivity contribution in [1.29, 1.82) is 0 Å². The monoisotopic (exact) mass is 287 g/mol. The van der Waals surface area contributed by atoms with E-state index in [-0.39, 0.29) is 22.3 Å². The molecule has 0 unspecified atom stereocenters. The van der Waals surface area contributed by atoms with Gasteiger partial charge in [-0.1, -0.05) is 13.3 Å². The van der Waals surface area contributed by atoms with E-state index >= 15 is 0 Å². The van der Waals surface area contributed by atoms with Gasteiger partial charge >= 0.3 is 5.69 Å². The van der Waals surface area contributed by atoms with Crippen LogP contribution < -0.4 is 5.32 Å². The van der Waals surface area contributed by atoms with E-state index in [0.29, 0.717) is 13.0 Å². The SMILES string of the molecule is CCCCS(=O)(=O)c1ccc([N+](=O)[O-])c(NCC)n1. The number of unbranched alkanes of at least 4 members (excludes halogenated alkanes) is 1. The van der Waals surface area contributed by atoms with Crippen molar-refractivity contribution < 1.29 is 13.3 Å². The normalized spacial score (nSPS) is 11.3. The molecule has 0 spiro atoms. The molecule has 0 fully saturated rings. The number of nitrogens with one attached hydrogen (secondary N) is 1. The van der Waals surface area contributed by atoms with Gasteiger partial charge in [0.25, 0.3) is 0 Å². The molecule has 0 atom stereocenters. The molecule has 8 heteroatoms. The van der Waals surface area contributed by atoms with Gasteiger partial charge in [-0.2, -0.15) is 0 Å². The van der Waals surface area contributed by atoms with Gasteiger partial charge in [-0.05, 0) is 19.4 Å². The Balaban J connectivity index is 3.18. The highest BCUT2D eigenvalue weighted by molar-refractivity contribution is 7.91. The Bertz CT molecular complexity index is 557. The second kappa shape index (κ2) is 6.46. The fraction of sp³-hybridized carbons (Fsp3) is 0.545. The first-order valence-corrected chi connectivity index (χ1v) is 7.69. The smallest absolute Gasteiger partial charge is 0.311 e. The Labute approximate surface area is 112 Å². The minimum absolute atomic E-state index is 0.000123. The summed E-state index contributed by atoms with van der Waals surface area (Å²) in [5.41, 5.74) is -0.226. The summed E-state index contributed by atoms with van der Waals surface area (Å²) in [7, 11) is -3.48. The van der Waals surface area contributed by atoms with Gasteiger partial charge in [0.05, 0.1) is 10.7 Å². The number of sulfone groups is 1. The van der Waals surface area contributed by atoms with E-state index in [1.807, 2.05) is 6.92 Å². The number of nitrogens with zero attached hydrogens (tertiary/aromatic N) is 2. The molecular weight excluding hydrogens is 270 g/mol. The molecule has 1 heterocycles. The van der Waals surface area contributed by atoms with Crippen LogP contribution in [0.5, 0.6) is 0 Å². The molecule has 0 aliphatic rings. The van der Waals surface area contributed by atoms with E-state index < -0.39 is 14.8 Å². The molecule has 0 aromatic carbocycles. The minimum Gasteiger partial charge on any atom is -0.365 e. The summed E-state index contributed by atoms with van der Waals surface area (Å²) in [4.78, 5) is 14.1. The first-order chi connectivity index (χ1) is 8.92. The van der Waals surface area contributed by atoms with Gasteiger partial charge in [-0.15, -0.1) is 0 Å². The molecule has 1 N–H and O–H groups in total. The van der Waals surface area contributed by atoms with Gasteiger partial charge in [0.1, 0.15) is 0 Å². The fourth-order valence-corrected chi connectivity index (χ4v) is 2.87. The molecule has 19 heavy (non-hydrogen) atoms. The second-order valence-corrected chi connectivity index (χ2v) is 6.03. The van der Waals surface area contributed by atoms with Crippen LogP contribution in [-0.2, 0) is 9.84 Å². The molecule has 0 bridgehead atoms. The van der Waals surface area contributed by atoms with Crippen molar-refractivity contribution in [2.75, 3.05) is 17.6 Å². The van der Waals surface area contributed by atoms with Crippen LogP contribution in [0.1, 0.15) is 26.7 Å². The van der Waals surface area contributed by atoms with Gasteiger partial charge in [0.2, 0.25) is 5.82 Å². The largest absolute Gasteiger partial charge is 0.365 e. The van der Waals surface area contributed by atoms with E-state index in [4.69, 9.17) is 0 Å². The lowest BCUT2D eigenvalue weighted by molar-refractivity contribution is -0.384. The molecule has 0 radical (unpaired) electrons. The summed E-state index contributed by atoms with van der Waals surface area (Å²) in [5, 5.41) is 13.4. The first kappa shape index (κ1) is 15.4. The molecule has 1 aromatic heterocycles. The Kier molecular flexibility index (Phi) is 5.22.